The first-order chi connectivity index (χ1) is 12.1. The first kappa shape index (κ1) is 17.3. The maximum Gasteiger partial charge on any atom is 0.321 e. The lowest BCUT2D eigenvalue weighted by Crippen LogP contribution is -2.26. The molecular formula is C16H17ClFN5O2. The summed E-state index contributed by atoms with van der Waals surface area (Å²) < 4.78 is 18.2. The molecule has 2 aromatic rings. The van der Waals surface area contributed by atoms with E-state index in [1.807, 2.05) is 4.90 Å². The van der Waals surface area contributed by atoms with Gasteiger partial charge in [0, 0.05) is 13.1 Å². The Labute approximate surface area is 149 Å². The number of carbonyl (C=O) groups is 1. The number of aromatic nitrogens is 3. The average Bonchev–Trinajstić information content (AvgIpc) is 3.14. The minimum absolute atomic E-state index is 0.0449. The van der Waals surface area contributed by atoms with Crippen LogP contribution in [0.2, 0.25) is 5.02 Å². The molecule has 1 amide bonds. The third-order valence-electron chi connectivity index (χ3n) is 3.80. The molecule has 1 fully saturated rings. The van der Waals surface area contributed by atoms with Crippen LogP contribution in [-0.2, 0) is 6.54 Å². The zero-order valence-electron chi connectivity index (χ0n) is 13.6. The van der Waals surface area contributed by atoms with Crippen molar-refractivity contribution in [3.63, 3.8) is 0 Å². The molecule has 7 nitrogen and oxygen atoms in total. The van der Waals surface area contributed by atoms with E-state index in [4.69, 9.17) is 16.3 Å². The second-order valence-corrected chi connectivity index (χ2v) is 5.95. The molecule has 1 aliphatic rings. The van der Waals surface area contributed by atoms with Gasteiger partial charge in [-0.05, 0) is 31.0 Å². The summed E-state index contributed by atoms with van der Waals surface area (Å²) in [5.74, 6) is -0.0279. The maximum absolute atomic E-state index is 13.1. The Hall–Kier alpha value is -2.48. The fraction of sp³-hybridized carbons (Fsp3) is 0.375. The number of rotatable bonds is 5. The number of halogens is 2. The van der Waals surface area contributed by atoms with Gasteiger partial charge in [0.2, 0.25) is 5.95 Å². The SMILES string of the molecule is COc1nc(CNC(=O)c2ccc(F)cc2Cl)nc(N2CCCC2)n1. The quantitative estimate of drug-likeness (QED) is 0.875. The number of amides is 1. The lowest BCUT2D eigenvalue weighted by Gasteiger charge is -2.16. The van der Waals surface area contributed by atoms with E-state index in [1.54, 1.807) is 0 Å². The molecule has 1 aromatic heterocycles. The number of carbonyl (C=O) groups excluding carboxylic acids is 1. The third-order valence-corrected chi connectivity index (χ3v) is 4.12. The van der Waals surface area contributed by atoms with Crippen LogP contribution in [0.15, 0.2) is 18.2 Å². The predicted molar refractivity (Wildman–Crippen MR) is 90.4 cm³/mol. The molecular weight excluding hydrogens is 349 g/mol. The number of hydrogen-bond donors (Lipinski definition) is 1. The minimum atomic E-state index is -0.501. The van der Waals surface area contributed by atoms with Crippen molar-refractivity contribution in [3.8, 4) is 6.01 Å². The van der Waals surface area contributed by atoms with E-state index < -0.39 is 11.7 Å². The van der Waals surface area contributed by atoms with Gasteiger partial charge in [0.1, 0.15) is 5.82 Å². The van der Waals surface area contributed by atoms with Crippen molar-refractivity contribution in [1.82, 2.24) is 20.3 Å². The van der Waals surface area contributed by atoms with Gasteiger partial charge in [0.15, 0.2) is 5.82 Å². The molecule has 1 N–H and O–H groups in total. The van der Waals surface area contributed by atoms with E-state index in [1.165, 1.54) is 19.2 Å². The van der Waals surface area contributed by atoms with Gasteiger partial charge in [-0.2, -0.15) is 15.0 Å². The largest absolute Gasteiger partial charge is 0.467 e. The van der Waals surface area contributed by atoms with Gasteiger partial charge in [-0.1, -0.05) is 11.6 Å². The summed E-state index contributed by atoms with van der Waals surface area (Å²) in [5, 5.41) is 2.72. The molecule has 0 bridgehead atoms. The van der Waals surface area contributed by atoms with Crippen LogP contribution in [0.25, 0.3) is 0 Å². The van der Waals surface area contributed by atoms with Crippen LogP contribution in [0.3, 0.4) is 0 Å². The zero-order chi connectivity index (χ0) is 17.8. The molecule has 0 unspecified atom stereocenters. The Bertz CT molecular complexity index is 783. The summed E-state index contributed by atoms with van der Waals surface area (Å²) in [6, 6.07) is 3.80. The standard InChI is InChI=1S/C16H17ClFN5O2/c1-25-16-21-13(20-15(22-16)23-6-2-3-7-23)9-19-14(24)11-5-4-10(18)8-12(11)17/h4-5,8H,2-3,6-7,9H2,1H3,(H,19,24). The predicted octanol–water partition coefficient (Wildman–Crippen LogP) is 2.20. The normalized spacial score (nSPS) is 13.8. The first-order valence-electron chi connectivity index (χ1n) is 7.84. The molecule has 2 heterocycles. The van der Waals surface area contributed by atoms with Crippen LogP contribution >= 0.6 is 11.6 Å². The second-order valence-electron chi connectivity index (χ2n) is 5.54. The van der Waals surface area contributed by atoms with Crippen LogP contribution in [0, 0.1) is 5.82 Å². The molecule has 1 aliphatic heterocycles. The molecule has 0 spiro atoms. The van der Waals surface area contributed by atoms with E-state index in [0.717, 1.165) is 32.0 Å². The second kappa shape index (κ2) is 7.60. The number of methoxy groups -OCH3 is 1. The molecule has 25 heavy (non-hydrogen) atoms. The van der Waals surface area contributed by atoms with E-state index in [-0.39, 0.29) is 23.1 Å². The number of nitrogens with one attached hydrogen (secondary N) is 1. The molecule has 0 saturated carbocycles. The molecule has 0 aliphatic carbocycles. The lowest BCUT2D eigenvalue weighted by atomic mass is 10.2. The first-order valence-corrected chi connectivity index (χ1v) is 8.22. The average molecular weight is 366 g/mol. The highest BCUT2D eigenvalue weighted by atomic mass is 35.5. The molecule has 1 aromatic carbocycles. The van der Waals surface area contributed by atoms with Gasteiger partial charge in [0.25, 0.3) is 5.91 Å². The lowest BCUT2D eigenvalue weighted by molar-refractivity contribution is 0.0949. The maximum atomic E-state index is 13.1. The fourth-order valence-corrected chi connectivity index (χ4v) is 2.80. The number of ether oxygens (including phenoxy) is 1. The highest BCUT2D eigenvalue weighted by Gasteiger charge is 2.18. The Morgan fingerprint density at radius 2 is 2.08 bits per heavy atom. The Morgan fingerprint density at radius 1 is 1.32 bits per heavy atom. The van der Waals surface area contributed by atoms with E-state index in [0.29, 0.717) is 11.8 Å². The van der Waals surface area contributed by atoms with Crippen molar-refractivity contribution in [2.24, 2.45) is 0 Å². The Balaban J connectivity index is 1.73. The van der Waals surface area contributed by atoms with Crippen molar-refractivity contribution in [1.29, 1.82) is 0 Å². The van der Waals surface area contributed by atoms with Crippen molar-refractivity contribution in [2.45, 2.75) is 19.4 Å². The molecule has 132 valence electrons. The molecule has 0 atom stereocenters. The summed E-state index contributed by atoms with van der Waals surface area (Å²) in [4.78, 5) is 27.0. The molecule has 9 heteroatoms. The molecule has 0 radical (unpaired) electrons. The van der Waals surface area contributed by atoms with Crippen LogP contribution < -0.4 is 15.0 Å². The highest BCUT2D eigenvalue weighted by Crippen LogP contribution is 2.19. The van der Waals surface area contributed by atoms with Crippen LogP contribution in [0.5, 0.6) is 6.01 Å². The van der Waals surface area contributed by atoms with E-state index in [2.05, 4.69) is 20.3 Å². The van der Waals surface area contributed by atoms with Gasteiger partial charge < -0.3 is 15.0 Å². The van der Waals surface area contributed by atoms with Gasteiger partial charge >= 0.3 is 6.01 Å². The smallest absolute Gasteiger partial charge is 0.321 e. The zero-order valence-corrected chi connectivity index (χ0v) is 14.4. The number of benzene rings is 1. The topological polar surface area (TPSA) is 80.2 Å². The van der Waals surface area contributed by atoms with Gasteiger partial charge in [-0.3, -0.25) is 4.79 Å². The van der Waals surface area contributed by atoms with Crippen molar-refractivity contribution >= 4 is 23.5 Å². The summed E-state index contributed by atoms with van der Waals surface area (Å²) in [6.07, 6.45) is 2.17. The van der Waals surface area contributed by atoms with E-state index >= 15 is 0 Å². The third kappa shape index (κ3) is 4.14. The number of hydrogen-bond acceptors (Lipinski definition) is 6. The minimum Gasteiger partial charge on any atom is -0.467 e. The highest BCUT2D eigenvalue weighted by molar-refractivity contribution is 6.33. The van der Waals surface area contributed by atoms with Crippen molar-refractivity contribution in [2.75, 3.05) is 25.1 Å². The fourth-order valence-electron chi connectivity index (χ4n) is 2.54. The summed E-state index contributed by atoms with van der Waals surface area (Å²) in [7, 11) is 1.48. The van der Waals surface area contributed by atoms with Crippen LogP contribution in [0.4, 0.5) is 10.3 Å². The van der Waals surface area contributed by atoms with Gasteiger partial charge in [-0.15, -0.1) is 0 Å². The monoisotopic (exact) mass is 365 g/mol. The molecule has 1 saturated heterocycles. The van der Waals surface area contributed by atoms with Crippen LogP contribution in [0.1, 0.15) is 29.0 Å². The number of nitrogens with zero attached hydrogens (tertiary/aromatic N) is 4. The van der Waals surface area contributed by atoms with Crippen LogP contribution in [-0.4, -0.2) is 41.1 Å². The number of anilines is 1. The van der Waals surface area contributed by atoms with Crippen molar-refractivity contribution in [3.05, 3.63) is 40.4 Å². The summed E-state index contributed by atoms with van der Waals surface area (Å²) in [5.41, 5.74) is 0.184. The van der Waals surface area contributed by atoms with E-state index in [9.17, 15) is 9.18 Å². The van der Waals surface area contributed by atoms with Crippen molar-refractivity contribution < 1.29 is 13.9 Å². The van der Waals surface area contributed by atoms with Gasteiger partial charge in [-0.25, -0.2) is 4.39 Å². The Morgan fingerprint density at radius 3 is 2.76 bits per heavy atom. The summed E-state index contributed by atoms with van der Waals surface area (Å²) >= 11 is 5.90. The Kier molecular flexibility index (Phi) is 5.28. The summed E-state index contributed by atoms with van der Waals surface area (Å²) in [6.45, 7) is 1.83. The van der Waals surface area contributed by atoms with Gasteiger partial charge in [0.05, 0.1) is 24.2 Å². The molecule has 3 rings (SSSR count).